The van der Waals surface area contributed by atoms with Crippen molar-refractivity contribution in [1.29, 1.82) is 0 Å². The molecule has 0 aromatic rings. The van der Waals surface area contributed by atoms with Gasteiger partial charge >= 0.3 is 0 Å². The van der Waals surface area contributed by atoms with E-state index in [0.717, 1.165) is 57.8 Å². The first kappa shape index (κ1) is 63.4. The minimum atomic E-state index is -1.58. The van der Waals surface area contributed by atoms with Gasteiger partial charge in [0.15, 0.2) is 6.29 Å². The molecule has 0 spiro atoms. The Morgan fingerprint density at radius 2 is 0.912 bits per heavy atom. The van der Waals surface area contributed by atoms with Crippen molar-refractivity contribution in [2.24, 2.45) is 0 Å². The molecule has 9 heteroatoms. The lowest BCUT2D eigenvalue weighted by molar-refractivity contribution is -0.302. The van der Waals surface area contributed by atoms with Crippen LogP contribution in [0.3, 0.4) is 0 Å². The fourth-order valence-electron chi connectivity index (χ4n) is 8.36. The molecule has 0 aromatic heterocycles. The molecule has 6 N–H and O–H groups in total. The van der Waals surface area contributed by atoms with Crippen molar-refractivity contribution in [3.63, 3.8) is 0 Å². The van der Waals surface area contributed by atoms with E-state index in [1.54, 1.807) is 6.08 Å². The number of nitrogens with one attached hydrogen (secondary N) is 1. The molecular weight excluding hydrogens is 851 g/mol. The highest BCUT2D eigenvalue weighted by molar-refractivity contribution is 5.76. The Morgan fingerprint density at radius 1 is 0.515 bits per heavy atom. The van der Waals surface area contributed by atoms with Crippen molar-refractivity contribution in [1.82, 2.24) is 5.32 Å². The van der Waals surface area contributed by atoms with Gasteiger partial charge in [0, 0.05) is 6.42 Å². The van der Waals surface area contributed by atoms with Gasteiger partial charge in [-0.15, -0.1) is 0 Å². The lowest BCUT2D eigenvalue weighted by atomic mass is 9.99. The van der Waals surface area contributed by atoms with E-state index in [2.05, 4.69) is 79.9 Å². The Morgan fingerprint density at radius 3 is 1.32 bits per heavy atom. The fourth-order valence-corrected chi connectivity index (χ4v) is 8.36. The van der Waals surface area contributed by atoms with E-state index in [4.69, 9.17) is 9.47 Å². The molecule has 1 rings (SSSR count). The number of aliphatic hydroxyl groups is 5. The third-order valence-electron chi connectivity index (χ3n) is 12.7. The molecule has 1 aliphatic rings. The second-order valence-electron chi connectivity index (χ2n) is 19.0. The molecule has 1 amide bonds. The number of hydrogen-bond acceptors (Lipinski definition) is 8. The molecule has 68 heavy (non-hydrogen) atoms. The molecule has 7 atom stereocenters. The van der Waals surface area contributed by atoms with E-state index in [-0.39, 0.29) is 18.9 Å². The molecular formula is C59H103NO8. The van der Waals surface area contributed by atoms with Crippen LogP contribution in [0, 0.1) is 0 Å². The standard InChI is InChI=1S/C59H103NO8/c1-3-5-7-9-11-13-15-17-19-21-23-24-25-26-27-28-29-31-32-34-36-38-40-42-44-46-48-53(62)52(51-67-59-58(66)57(65)56(64)54(50-61)68-59)60-55(63)49-47-45-43-41-39-37-35-33-30-22-20-18-16-14-12-10-8-6-4-2/h6,8,12,14,18,20,30,33,37,39,43,45-46,48,52-54,56-59,61-62,64-66H,3-5,7,9-11,13,15-17,19,21-29,31-32,34-36,38,40-42,44,47,49-51H2,1-2H3,(H,60,63)/b8-6-,14-12-,20-18-,33-30-,39-37-,45-43-,48-46+. The summed E-state index contributed by atoms with van der Waals surface area (Å²) in [6.07, 6.45) is 60.9. The zero-order valence-corrected chi connectivity index (χ0v) is 43.3. The number of allylic oxidation sites excluding steroid dienone is 13. The third-order valence-corrected chi connectivity index (χ3v) is 12.7. The second-order valence-corrected chi connectivity index (χ2v) is 19.0. The first-order valence-corrected chi connectivity index (χ1v) is 27.8. The molecule has 0 aliphatic carbocycles. The highest BCUT2D eigenvalue weighted by Crippen LogP contribution is 2.23. The topological polar surface area (TPSA) is 149 Å². The Hall–Kier alpha value is -2.63. The summed E-state index contributed by atoms with van der Waals surface area (Å²) in [5, 5.41) is 54.4. The zero-order valence-electron chi connectivity index (χ0n) is 43.3. The van der Waals surface area contributed by atoms with Crippen molar-refractivity contribution in [3.8, 4) is 0 Å². The summed E-state index contributed by atoms with van der Waals surface area (Å²) >= 11 is 0. The molecule has 9 nitrogen and oxygen atoms in total. The quantitative estimate of drug-likeness (QED) is 0.0261. The first-order valence-electron chi connectivity index (χ1n) is 27.8. The van der Waals surface area contributed by atoms with E-state index in [9.17, 15) is 30.3 Å². The largest absolute Gasteiger partial charge is 0.394 e. The molecule has 1 aliphatic heterocycles. The molecule has 392 valence electrons. The molecule has 0 saturated carbocycles. The number of ether oxygens (including phenoxy) is 2. The van der Waals surface area contributed by atoms with Crippen molar-refractivity contribution >= 4 is 5.91 Å². The number of carbonyl (C=O) groups is 1. The van der Waals surface area contributed by atoms with Gasteiger partial charge in [-0.25, -0.2) is 0 Å². The Kier molecular flexibility index (Phi) is 44.8. The lowest BCUT2D eigenvalue weighted by Gasteiger charge is -2.40. The van der Waals surface area contributed by atoms with Crippen LogP contribution in [-0.4, -0.2) is 87.5 Å². The van der Waals surface area contributed by atoms with Gasteiger partial charge in [0.1, 0.15) is 24.4 Å². The third kappa shape index (κ3) is 37.2. The van der Waals surface area contributed by atoms with E-state index in [1.807, 2.05) is 18.2 Å². The van der Waals surface area contributed by atoms with E-state index < -0.39 is 49.5 Å². The number of rotatable bonds is 46. The van der Waals surface area contributed by atoms with Gasteiger partial charge in [-0.2, -0.15) is 0 Å². The van der Waals surface area contributed by atoms with E-state index in [1.165, 1.54) is 141 Å². The van der Waals surface area contributed by atoms with Gasteiger partial charge in [-0.1, -0.05) is 247 Å². The van der Waals surface area contributed by atoms with Crippen LogP contribution in [0.2, 0.25) is 0 Å². The van der Waals surface area contributed by atoms with Crippen molar-refractivity contribution in [2.45, 2.75) is 269 Å². The van der Waals surface area contributed by atoms with Gasteiger partial charge in [0.25, 0.3) is 0 Å². The Labute approximate surface area is 416 Å². The predicted molar refractivity (Wildman–Crippen MR) is 285 cm³/mol. The van der Waals surface area contributed by atoms with Crippen molar-refractivity contribution in [3.05, 3.63) is 85.1 Å². The van der Waals surface area contributed by atoms with Gasteiger partial charge in [-0.05, 0) is 57.8 Å². The predicted octanol–water partition coefficient (Wildman–Crippen LogP) is 13.5. The average Bonchev–Trinajstić information content (AvgIpc) is 3.34. The molecule has 0 aromatic carbocycles. The fraction of sp³-hybridized carbons (Fsp3) is 0.746. The van der Waals surface area contributed by atoms with Gasteiger partial charge in [0.05, 0.1) is 25.4 Å². The zero-order chi connectivity index (χ0) is 49.4. The van der Waals surface area contributed by atoms with Crippen LogP contribution >= 0.6 is 0 Å². The maximum Gasteiger partial charge on any atom is 0.220 e. The lowest BCUT2D eigenvalue weighted by Crippen LogP contribution is -2.60. The van der Waals surface area contributed by atoms with E-state index >= 15 is 0 Å². The summed E-state index contributed by atoms with van der Waals surface area (Å²) in [7, 11) is 0. The summed E-state index contributed by atoms with van der Waals surface area (Å²) in [4.78, 5) is 13.0. The molecule has 0 radical (unpaired) electrons. The summed E-state index contributed by atoms with van der Waals surface area (Å²) in [5.41, 5.74) is 0. The Balaban J connectivity index is 2.29. The summed E-state index contributed by atoms with van der Waals surface area (Å²) in [6.45, 7) is 3.63. The monoisotopic (exact) mass is 954 g/mol. The summed E-state index contributed by atoms with van der Waals surface area (Å²) in [5.74, 6) is -0.260. The van der Waals surface area contributed by atoms with E-state index in [0.29, 0.717) is 6.42 Å². The van der Waals surface area contributed by atoms with Crippen molar-refractivity contribution < 1.29 is 39.8 Å². The van der Waals surface area contributed by atoms with Crippen LogP contribution in [0.15, 0.2) is 85.1 Å². The maximum atomic E-state index is 13.0. The highest BCUT2D eigenvalue weighted by atomic mass is 16.7. The molecule has 7 unspecified atom stereocenters. The van der Waals surface area contributed by atoms with Gasteiger partial charge in [0.2, 0.25) is 5.91 Å². The molecule has 1 saturated heterocycles. The summed E-state index contributed by atoms with van der Waals surface area (Å²) in [6, 6.07) is -0.851. The average molecular weight is 954 g/mol. The number of aliphatic hydroxyl groups excluding tert-OH is 5. The van der Waals surface area contributed by atoms with Crippen LogP contribution in [0.25, 0.3) is 0 Å². The second kappa shape index (κ2) is 48.0. The van der Waals surface area contributed by atoms with Crippen LogP contribution < -0.4 is 5.32 Å². The minimum absolute atomic E-state index is 0.217. The summed E-state index contributed by atoms with van der Waals surface area (Å²) < 4.78 is 11.2. The number of hydrogen-bond donors (Lipinski definition) is 6. The number of unbranched alkanes of at least 4 members (excludes halogenated alkanes) is 24. The highest BCUT2D eigenvalue weighted by Gasteiger charge is 2.44. The smallest absolute Gasteiger partial charge is 0.220 e. The number of carbonyl (C=O) groups excluding carboxylic acids is 1. The SMILES string of the molecule is CC/C=C\C/C=C\C/C=C\C/C=C\C/C=C\C/C=C\CCC(=O)NC(COC1OC(CO)C(O)C(O)C1O)C(O)/C=C/CCCCCCCCCCCCCCCCCCCCCCCCCC. The molecule has 0 bridgehead atoms. The van der Waals surface area contributed by atoms with Gasteiger partial charge in [-0.3, -0.25) is 4.79 Å². The van der Waals surface area contributed by atoms with Crippen molar-refractivity contribution in [2.75, 3.05) is 13.2 Å². The van der Waals surface area contributed by atoms with Crippen LogP contribution in [-0.2, 0) is 14.3 Å². The number of amides is 1. The van der Waals surface area contributed by atoms with Gasteiger partial charge < -0.3 is 40.3 Å². The minimum Gasteiger partial charge on any atom is -0.394 e. The van der Waals surface area contributed by atoms with Crippen LogP contribution in [0.1, 0.15) is 226 Å². The molecule has 1 fully saturated rings. The first-order chi connectivity index (χ1) is 33.3. The van der Waals surface area contributed by atoms with Crippen LogP contribution in [0.5, 0.6) is 0 Å². The molecule has 1 heterocycles. The Bertz CT molecular complexity index is 1340. The maximum absolute atomic E-state index is 13.0. The normalized spacial score (nSPS) is 20.2. The van der Waals surface area contributed by atoms with Crippen LogP contribution in [0.4, 0.5) is 0 Å².